The van der Waals surface area contributed by atoms with Crippen LogP contribution in [0.25, 0.3) is 16.6 Å². The number of carbonyl (C=O) groups excluding carboxylic acids is 1. The Kier molecular flexibility index (Phi) is 4.71. The molecule has 148 valence electrons. The van der Waals surface area contributed by atoms with Gasteiger partial charge >= 0.3 is 0 Å². The van der Waals surface area contributed by atoms with Gasteiger partial charge in [-0.2, -0.15) is 0 Å². The molecule has 1 saturated heterocycles. The molecule has 0 unspecified atom stereocenters. The summed E-state index contributed by atoms with van der Waals surface area (Å²) >= 11 is 0. The zero-order valence-electron chi connectivity index (χ0n) is 15.5. The summed E-state index contributed by atoms with van der Waals surface area (Å²) in [5.41, 5.74) is -0.673. The lowest BCUT2D eigenvalue weighted by molar-refractivity contribution is -0.126. The first-order valence-corrected chi connectivity index (χ1v) is 9.01. The van der Waals surface area contributed by atoms with E-state index in [1.165, 1.54) is 36.8 Å². The van der Waals surface area contributed by atoms with Gasteiger partial charge in [0, 0.05) is 32.4 Å². The van der Waals surface area contributed by atoms with E-state index >= 15 is 0 Å². The molecule has 0 spiro atoms. The van der Waals surface area contributed by atoms with Gasteiger partial charge in [0.15, 0.2) is 5.82 Å². The molecule has 1 aliphatic rings. The lowest BCUT2D eigenvalue weighted by Crippen LogP contribution is -2.48. The molecule has 1 aliphatic heterocycles. The third kappa shape index (κ3) is 3.20. The van der Waals surface area contributed by atoms with Gasteiger partial charge in [-0.25, -0.2) is 14.4 Å². The number of fused-ring (bicyclic) bond motifs is 1. The third-order valence-electron chi connectivity index (χ3n) is 4.95. The molecule has 3 heterocycles. The number of carbonyl (C=O) groups is 1. The first kappa shape index (κ1) is 18.6. The van der Waals surface area contributed by atoms with Gasteiger partial charge < -0.3 is 14.9 Å². The zero-order chi connectivity index (χ0) is 20.5. The minimum absolute atomic E-state index is 0.116. The number of aromatic hydroxyl groups is 1. The van der Waals surface area contributed by atoms with E-state index in [1.54, 1.807) is 11.0 Å². The van der Waals surface area contributed by atoms with Crippen LogP contribution in [0.15, 0.2) is 54.2 Å². The number of halogens is 1. The Morgan fingerprint density at radius 2 is 1.93 bits per heavy atom. The first-order valence-electron chi connectivity index (χ1n) is 9.01. The van der Waals surface area contributed by atoms with E-state index < -0.39 is 11.4 Å². The largest absolute Gasteiger partial charge is 0.506 e. The van der Waals surface area contributed by atoms with Crippen molar-refractivity contribution in [3.8, 4) is 11.4 Å². The van der Waals surface area contributed by atoms with Crippen LogP contribution in [-0.2, 0) is 4.79 Å². The lowest BCUT2D eigenvalue weighted by Gasteiger charge is -2.35. The monoisotopic (exact) mass is 395 g/mol. The molecule has 3 aromatic rings. The van der Waals surface area contributed by atoms with Gasteiger partial charge in [-0.05, 0) is 24.3 Å². The number of phenolic OH excluding ortho intramolecular Hbond substituents is 1. The molecule has 0 saturated carbocycles. The molecule has 1 amide bonds. The SMILES string of the molecule is C=CC(=O)N1CCN(c2ncnc3c(=O)n(-c4c(O)cccc4F)ccc23)CC1. The molecule has 0 aliphatic carbocycles. The van der Waals surface area contributed by atoms with E-state index in [2.05, 4.69) is 16.5 Å². The Labute approximate surface area is 165 Å². The van der Waals surface area contributed by atoms with E-state index in [0.717, 1.165) is 4.57 Å². The standard InChI is InChI=1S/C20H18FN5O3/c1-2-16(28)24-8-10-25(11-9-24)19-13-6-7-26(20(29)17(13)22-12-23-19)18-14(21)4-3-5-15(18)27/h2-7,12,27H,1,8-11H2. The maximum Gasteiger partial charge on any atom is 0.281 e. The number of anilines is 1. The number of hydrogen-bond acceptors (Lipinski definition) is 6. The van der Waals surface area contributed by atoms with Gasteiger partial charge in [-0.3, -0.25) is 14.2 Å². The summed E-state index contributed by atoms with van der Waals surface area (Å²) in [6, 6.07) is 5.46. The highest BCUT2D eigenvalue weighted by Crippen LogP contribution is 2.26. The van der Waals surface area contributed by atoms with Gasteiger partial charge in [-0.1, -0.05) is 12.6 Å². The summed E-state index contributed by atoms with van der Waals surface area (Å²) in [6.07, 6.45) is 3.97. The molecule has 1 N–H and O–H groups in total. The fraction of sp³-hybridized carbons (Fsp3) is 0.200. The summed E-state index contributed by atoms with van der Waals surface area (Å²) in [4.78, 5) is 36.8. The van der Waals surface area contributed by atoms with Crippen LogP contribution < -0.4 is 10.5 Å². The number of aromatic nitrogens is 3. The Morgan fingerprint density at radius 1 is 1.17 bits per heavy atom. The van der Waals surface area contributed by atoms with Crippen molar-refractivity contribution >= 4 is 22.6 Å². The molecule has 1 fully saturated rings. The molecule has 0 atom stereocenters. The van der Waals surface area contributed by atoms with E-state index in [1.807, 2.05) is 4.90 Å². The number of hydrogen-bond donors (Lipinski definition) is 1. The van der Waals surface area contributed by atoms with Crippen LogP contribution in [-0.4, -0.2) is 56.6 Å². The minimum Gasteiger partial charge on any atom is -0.506 e. The van der Waals surface area contributed by atoms with E-state index in [4.69, 9.17) is 0 Å². The van der Waals surface area contributed by atoms with Crippen molar-refractivity contribution in [2.24, 2.45) is 0 Å². The summed E-state index contributed by atoms with van der Waals surface area (Å²) in [7, 11) is 0. The van der Waals surface area contributed by atoms with Crippen LogP contribution in [0, 0.1) is 5.82 Å². The van der Waals surface area contributed by atoms with Gasteiger partial charge in [0.1, 0.15) is 29.1 Å². The van der Waals surface area contributed by atoms with Gasteiger partial charge in [-0.15, -0.1) is 0 Å². The average Bonchev–Trinajstić information content (AvgIpc) is 2.74. The van der Waals surface area contributed by atoms with Crippen molar-refractivity contribution in [3.63, 3.8) is 0 Å². The summed E-state index contributed by atoms with van der Waals surface area (Å²) < 4.78 is 15.2. The predicted molar refractivity (Wildman–Crippen MR) is 106 cm³/mol. The quantitative estimate of drug-likeness (QED) is 0.675. The van der Waals surface area contributed by atoms with Crippen molar-refractivity contribution < 1.29 is 14.3 Å². The van der Waals surface area contributed by atoms with Gasteiger partial charge in [0.2, 0.25) is 5.91 Å². The lowest BCUT2D eigenvalue weighted by atomic mass is 10.2. The van der Waals surface area contributed by atoms with Crippen LogP contribution in [0.3, 0.4) is 0 Å². The number of nitrogens with zero attached hydrogens (tertiary/aromatic N) is 5. The molecule has 2 aromatic heterocycles. The van der Waals surface area contributed by atoms with Crippen LogP contribution in [0.5, 0.6) is 5.75 Å². The zero-order valence-corrected chi connectivity index (χ0v) is 15.5. The van der Waals surface area contributed by atoms with E-state index in [9.17, 15) is 19.1 Å². The molecule has 4 rings (SSSR count). The second-order valence-corrected chi connectivity index (χ2v) is 6.57. The van der Waals surface area contributed by atoms with Crippen molar-refractivity contribution in [1.82, 2.24) is 19.4 Å². The minimum atomic E-state index is -0.719. The Hall–Kier alpha value is -3.75. The first-order chi connectivity index (χ1) is 14.0. The number of pyridine rings is 1. The van der Waals surface area contributed by atoms with Gasteiger partial charge in [0.25, 0.3) is 5.56 Å². The highest BCUT2D eigenvalue weighted by molar-refractivity contribution is 5.89. The molecule has 29 heavy (non-hydrogen) atoms. The normalized spacial score (nSPS) is 14.2. The number of para-hydroxylation sites is 1. The van der Waals surface area contributed by atoms with E-state index in [-0.39, 0.29) is 22.9 Å². The Morgan fingerprint density at radius 3 is 2.62 bits per heavy atom. The molecule has 1 aromatic carbocycles. The molecular formula is C20H18FN5O3. The number of amides is 1. The fourth-order valence-corrected chi connectivity index (χ4v) is 3.48. The maximum atomic E-state index is 14.2. The van der Waals surface area contributed by atoms with Crippen molar-refractivity contribution in [2.75, 3.05) is 31.1 Å². The topological polar surface area (TPSA) is 91.6 Å². The number of piperazine rings is 1. The molecule has 0 radical (unpaired) electrons. The Balaban J connectivity index is 1.74. The second-order valence-electron chi connectivity index (χ2n) is 6.57. The van der Waals surface area contributed by atoms with E-state index in [0.29, 0.717) is 37.4 Å². The third-order valence-corrected chi connectivity index (χ3v) is 4.95. The number of rotatable bonds is 3. The van der Waals surface area contributed by atoms with Crippen molar-refractivity contribution in [1.29, 1.82) is 0 Å². The Bertz CT molecular complexity index is 1150. The fourth-order valence-electron chi connectivity index (χ4n) is 3.48. The highest BCUT2D eigenvalue weighted by atomic mass is 19.1. The smallest absolute Gasteiger partial charge is 0.281 e. The summed E-state index contributed by atoms with van der Waals surface area (Å²) in [5.74, 6) is -0.611. The second kappa shape index (κ2) is 7.34. The average molecular weight is 395 g/mol. The van der Waals surface area contributed by atoms with Crippen LogP contribution >= 0.6 is 0 Å². The van der Waals surface area contributed by atoms with Crippen molar-refractivity contribution in [3.05, 3.63) is 65.6 Å². The van der Waals surface area contributed by atoms with Crippen molar-refractivity contribution in [2.45, 2.75) is 0 Å². The molecular weight excluding hydrogens is 377 g/mol. The van der Waals surface area contributed by atoms with Crippen LogP contribution in [0.1, 0.15) is 0 Å². The van der Waals surface area contributed by atoms with Crippen LogP contribution in [0.2, 0.25) is 0 Å². The number of benzene rings is 1. The maximum absolute atomic E-state index is 14.2. The van der Waals surface area contributed by atoms with Crippen LogP contribution in [0.4, 0.5) is 10.2 Å². The van der Waals surface area contributed by atoms with Gasteiger partial charge in [0.05, 0.1) is 5.39 Å². The molecule has 9 heteroatoms. The summed E-state index contributed by atoms with van der Waals surface area (Å²) in [6.45, 7) is 5.61. The molecule has 0 bridgehead atoms. The number of phenols is 1. The molecule has 8 nitrogen and oxygen atoms in total. The predicted octanol–water partition coefficient (Wildman–Crippen LogP) is 1.46. The summed E-state index contributed by atoms with van der Waals surface area (Å²) in [5, 5.41) is 10.5. The highest BCUT2D eigenvalue weighted by Gasteiger charge is 2.23.